The first-order chi connectivity index (χ1) is 14.1. The van der Waals surface area contributed by atoms with Crippen LogP contribution in [0.15, 0.2) is 11.8 Å². The predicted molar refractivity (Wildman–Crippen MR) is 120 cm³/mol. The van der Waals surface area contributed by atoms with Gasteiger partial charge in [-0.15, -0.1) is 0 Å². The topological polar surface area (TPSA) is 65.0 Å². The number of unbranched alkanes of at least 4 members (excludes halogenated alkanes) is 3. The van der Waals surface area contributed by atoms with Crippen LogP contribution in [-0.4, -0.2) is 42.5 Å². The van der Waals surface area contributed by atoms with Gasteiger partial charge in [-0.1, -0.05) is 35.2 Å². The molecule has 0 saturated heterocycles. The second-order valence-electron chi connectivity index (χ2n) is 7.69. The van der Waals surface area contributed by atoms with Gasteiger partial charge >= 0.3 is 5.97 Å². The third kappa shape index (κ3) is 12.0. The molecule has 1 aliphatic rings. The zero-order valence-corrected chi connectivity index (χ0v) is 20.0. The fourth-order valence-corrected chi connectivity index (χ4v) is 4.40. The Hall–Kier alpha value is -0.590. The number of aliphatic hydroxyl groups is 1. The average molecular weight is 477 g/mol. The number of esters is 1. The van der Waals surface area contributed by atoms with E-state index in [0.717, 1.165) is 23.9 Å². The number of ether oxygens (including phenoxy) is 3. The molecule has 0 aromatic rings. The summed E-state index contributed by atoms with van der Waals surface area (Å²) in [6.07, 6.45) is 12.5. The zero-order chi connectivity index (χ0) is 21.3. The summed E-state index contributed by atoms with van der Waals surface area (Å²) in [4.78, 5) is 11.5. The van der Waals surface area contributed by atoms with E-state index in [2.05, 4.69) is 22.0 Å². The maximum Gasteiger partial charge on any atom is 0.305 e. The van der Waals surface area contributed by atoms with E-state index in [9.17, 15) is 9.90 Å². The van der Waals surface area contributed by atoms with E-state index in [1.807, 2.05) is 13.8 Å². The molecule has 0 spiro atoms. The fourth-order valence-electron chi connectivity index (χ4n) is 4.01. The standard InChI is InChI=1S/C23H41BrO5/c1-3-27-22(25)14-10-18-29-21-13-9-12-19(11-7-5-6-8-17-24)20(21)15-16-23(26)28-4-2/h13,19-20,23,26H,3-12,14-18H2,1-2H3. The van der Waals surface area contributed by atoms with Gasteiger partial charge in [0, 0.05) is 24.3 Å². The Balaban J connectivity index is 2.54. The number of halogens is 1. The number of carbonyl (C=O) groups excluding carboxylic acids is 1. The first-order valence-corrected chi connectivity index (χ1v) is 12.6. The first-order valence-electron chi connectivity index (χ1n) is 11.5. The van der Waals surface area contributed by atoms with Crippen LogP contribution in [0.25, 0.3) is 0 Å². The molecule has 1 N–H and O–H groups in total. The molecule has 3 unspecified atom stereocenters. The maximum atomic E-state index is 11.5. The van der Waals surface area contributed by atoms with Crippen LogP contribution in [0.4, 0.5) is 0 Å². The van der Waals surface area contributed by atoms with Gasteiger partial charge in [-0.2, -0.15) is 0 Å². The van der Waals surface area contributed by atoms with Crippen molar-refractivity contribution in [2.75, 3.05) is 25.2 Å². The van der Waals surface area contributed by atoms with E-state index in [1.165, 1.54) is 38.5 Å². The van der Waals surface area contributed by atoms with E-state index >= 15 is 0 Å². The van der Waals surface area contributed by atoms with Crippen molar-refractivity contribution in [3.63, 3.8) is 0 Å². The second kappa shape index (κ2) is 17.1. The Morgan fingerprint density at radius 1 is 1.17 bits per heavy atom. The molecule has 1 aliphatic carbocycles. The molecule has 0 aliphatic heterocycles. The monoisotopic (exact) mass is 476 g/mol. The Labute approximate surface area is 185 Å². The number of alkyl halides is 1. The van der Waals surface area contributed by atoms with Gasteiger partial charge in [0.05, 0.1) is 19.0 Å². The number of carbonyl (C=O) groups is 1. The Kier molecular flexibility index (Phi) is 15.6. The van der Waals surface area contributed by atoms with Gasteiger partial charge in [0.25, 0.3) is 0 Å². The molecular formula is C23H41BrO5. The van der Waals surface area contributed by atoms with E-state index in [0.29, 0.717) is 50.9 Å². The second-order valence-corrected chi connectivity index (χ2v) is 8.48. The van der Waals surface area contributed by atoms with Gasteiger partial charge in [-0.3, -0.25) is 4.79 Å². The lowest BCUT2D eigenvalue weighted by Gasteiger charge is -2.33. The van der Waals surface area contributed by atoms with E-state index in [-0.39, 0.29) is 5.97 Å². The van der Waals surface area contributed by atoms with Crippen LogP contribution in [0.5, 0.6) is 0 Å². The van der Waals surface area contributed by atoms with E-state index in [4.69, 9.17) is 14.2 Å². The van der Waals surface area contributed by atoms with Crippen molar-refractivity contribution < 1.29 is 24.1 Å². The molecule has 0 fully saturated rings. The van der Waals surface area contributed by atoms with Gasteiger partial charge in [0.2, 0.25) is 0 Å². The third-order valence-electron chi connectivity index (χ3n) is 5.46. The lowest BCUT2D eigenvalue weighted by molar-refractivity contribution is -0.143. The molecule has 0 amide bonds. The molecule has 0 radical (unpaired) electrons. The van der Waals surface area contributed by atoms with Crippen LogP contribution in [0.1, 0.15) is 84.5 Å². The Morgan fingerprint density at radius 2 is 1.97 bits per heavy atom. The summed E-state index contributed by atoms with van der Waals surface area (Å²) in [7, 11) is 0. The summed E-state index contributed by atoms with van der Waals surface area (Å²) < 4.78 is 16.4. The highest BCUT2D eigenvalue weighted by atomic mass is 79.9. The van der Waals surface area contributed by atoms with Crippen molar-refractivity contribution >= 4 is 21.9 Å². The minimum Gasteiger partial charge on any atom is -0.498 e. The van der Waals surface area contributed by atoms with E-state index in [1.54, 1.807) is 0 Å². The van der Waals surface area contributed by atoms with Gasteiger partial charge in [-0.05, 0) is 70.8 Å². The van der Waals surface area contributed by atoms with Gasteiger partial charge < -0.3 is 19.3 Å². The largest absolute Gasteiger partial charge is 0.498 e. The maximum absolute atomic E-state index is 11.5. The van der Waals surface area contributed by atoms with Crippen molar-refractivity contribution in [3.05, 3.63) is 11.8 Å². The van der Waals surface area contributed by atoms with Crippen LogP contribution in [0.3, 0.4) is 0 Å². The Bertz CT molecular complexity index is 455. The molecule has 0 bridgehead atoms. The molecule has 5 nitrogen and oxygen atoms in total. The molecule has 0 saturated carbocycles. The summed E-state index contributed by atoms with van der Waals surface area (Å²) in [5.41, 5.74) is 0. The van der Waals surface area contributed by atoms with Gasteiger partial charge in [0.15, 0.2) is 6.29 Å². The molecule has 6 heteroatoms. The minimum atomic E-state index is -0.702. The summed E-state index contributed by atoms with van der Waals surface area (Å²) in [6, 6.07) is 0. The summed E-state index contributed by atoms with van der Waals surface area (Å²) in [5.74, 6) is 1.82. The van der Waals surface area contributed by atoms with Crippen molar-refractivity contribution in [2.24, 2.45) is 11.8 Å². The lowest BCUT2D eigenvalue weighted by atomic mass is 9.77. The number of hydrogen-bond acceptors (Lipinski definition) is 5. The highest BCUT2D eigenvalue weighted by Gasteiger charge is 2.29. The summed E-state index contributed by atoms with van der Waals surface area (Å²) >= 11 is 3.50. The van der Waals surface area contributed by atoms with Crippen molar-refractivity contribution in [3.8, 4) is 0 Å². The van der Waals surface area contributed by atoms with Crippen molar-refractivity contribution in [1.82, 2.24) is 0 Å². The SMILES string of the molecule is CCOC(=O)CCCOC1=CCCC(CCCCCCBr)C1CCC(O)OCC. The van der Waals surface area contributed by atoms with Crippen LogP contribution < -0.4 is 0 Å². The normalized spacial score (nSPS) is 20.2. The number of hydrogen-bond donors (Lipinski definition) is 1. The molecule has 0 heterocycles. The van der Waals surface area contributed by atoms with Crippen LogP contribution in [-0.2, 0) is 19.0 Å². The average Bonchev–Trinajstić information content (AvgIpc) is 2.70. The predicted octanol–water partition coefficient (Wildman–Crippen LogP) is 5.74. The molecule has 0 aromatic heterocycles. The third-order valence-corrected chi connectivity index (χ3v) is 6.02. The van der Waals surface area contributed by atoms with Crippen molar-refractivity contribution in [1.29, 1.82) is 0 Å². The highest BCUT2D eigenvalue weighted by molar-refractivity contribution is 9.09. The zero-order valence-electron chi connectivity index (χ0n) is 18.4. The number of allylic oxidation sites excluding steroid dienone is 2. The van der Waals surface area contributed by atoms with Gasteiger partial charge in [-0.25, -0.2) is 0 Å². The highest BCUT2D eigenvalue weighted by Crippen LogP contribution is 2.38. The molecular weight excluding hydrogens is 436 g/mol. The smallest absolute Gasteiger partial charge is 0.305 e. The van der Waals surface area contributed by atoms with Crippen LogP contribution in [0, 0.1) is 11.8 Å². The van der Waals surface area contributed by atoms with Gasteiger partial charge in [0.1, 0.15) is 0 Å². The molecule has 29 heavy (non-hydrogen) atoms. The number of aliphatic hydroxyl groups excluding tert-OH is 1. The molecule has 3 atom stereocenters. The van der Waals surface area contributed by atoms with E-state index < -0.39 is 6.29 Å². The molecule has 0 aromatic carbocycles. The molecule has 1 rings (SSSR count). The minimum absolute atomic E-state index is 0.161. The summed E-state index contributed by atoms with van der Waals surface area (Å²) in [5, 5.41) is 11.1. The number of rotatable bonds is 17. The van der Waals surface area contributed by atoms with Crippen LogP contribution >= 0.6 is 15.9 Å². The Morgan fingerprint density at radius 3 is 2.69 bits per heavy atom. The fraction of sp³-hybridized carbons (Fsp3) is 0.870. The quantitative estimate of drug-likeness (QED) is 0.125. The van der Waals surface area contributed by atoms with Crippen molar-refractivity contribution in [2.45, 2.75) is 90.8 Å². The van der Waals surface area contributed by atoms with Crippen LogP contribution in [0.2, 0.25) is 0 Å². The lowest BCUT2D eigenvalue weighted by Crippen LogP contribution is -2.25. The first kappa shape index (κ1) is 26.4. The molecule has 170 valence electrons. The summed E-state index contributed by atoms with van der Waals surface area (Å²) in [6.45, 7) is 5.20.